The van der Waals surface area contributed by atoms with Gasteiger partial charge in [-0.05, 0) is 40.7 Å². The third kappa shape index (κ3) is 4.34. The molecule has 0 spiro atoms. The molecular formula is C17H25ClN2O5. The molecule has 0 saturated carbocycles. The Bertz CT molecular complexity index is 672. The average molecular weight is 373 g/mol. The number of aromatic nitrogens is 1. The van der Waals surface area contributed by atoms with Gasteiger partial charge in [0.2, 0.25) is 0 Å². The first-order valence-corrected chi connectivity index (χ1v) is 8.44. The van der Waals surface area contributed by atoms with E-state index in [9.17, 15) is 15.0 Å². The molecule has 0 bridgehead atoms. The van der Waals surface area contributed by atoms with Gasteiger partial charge < -0.3 is 25.0 Å². The van der Waals surface area contributed by atoms with Crippen molar-refractivity contribution in [3.05, 3.63) is 22.5 Å². The third-order valence-corrected chi connectivity index (χ3v) is 4.27. The van der Waals surface area contributed by atoms with Crippen LogP contribution < -0.4 is 10.1 Å². The number of aliphatic hydroxyl groups is 2. The molecule has 2 rings (SSSR count). The minimum absolute atomic E-state index is 0.0677. The molecule has 0 radical (unpaired) electrons. The van der Waals surface area contributed by atoms with Gasteiger partial charge in [0.15, 0.2) is 10.9 Å². The van der Waals surface area contributed by atoms with Crippen LogP contribution >= 0.6 is 11.6 Å². The summed E-state index contributed by atoms with van der Waals surface area (Å²) in [6.07, 6.45) is -0.0773. The van der Waals surface area contributed by atoms with Crippen molar-refractivity contribution in [2.75, 3.05) is 13.2 Å². The van der Waals surface area contributed by atoms with Crippen LogP contribution in [0.2, 0.25) is 5.15 Å². The first-order valence-electron chi connectivity index (χ1n) is 8.07. The Morgan fingerprint density at radius 2 is 2.12 bits per heavy atom. The average Bonchev–Trinajstić information content (AvgIpc) is 2.45. The van der Waals surface area contributed by atoms with Crippen LogP contribution in [0, 0.1) is 0 Å². The van der Waals surface area contributed by atoms with Crippen molar-refractivity contribution in [3.63, 3.8) is 0 Å². The number of ether oxygens (including phenoxy) is 2. The fourth-order valence-electron chi connectivity index (χ4n) is 2.56. The van der Waals surface area contributed by atoms with Gasteiger partial charge >= 0.3 is 6.09 Å². The Morgan fingerprint density at radius 1 is 1.48 bits per heavy atom. The molecule has 3 N–H and O–H groups in total. The van der Waals surface area contributed by atoms with E-state index < -0.39 is 29.4 Å². The summed E-state index contributed by atoms with van der Waals surface area (Å²) < 4.78 is 10.9. The van der Waals surface area contributed by atoms with Crippen molar-refractivity contribution >= 4 is 17.7 Å². The highest BCUT2D eigenvalue weighted by Crippen LogP contribution is 2.42. The number of pyridine rings is 1. The van der Waals surface area contributed by atoms with Crippen LogP contribution in [0.5, 0.6) is 5.75 Å². The van der Waals surface area contributed by atoms with Crippen LogP contribution in [0.15, 0.2) is 6.07 Å². The lowest BCUT2D eigenvalue weighted by atomic mass is 9.85. The smallest absolute Gasteiger partial charge is 0.408 e. The topological polar surface area (TPSA) is 101 Å². The number of nitrogens with one attached hydrogen (secondary N) is 1. The summed E-state index contributed by atoms with van der Waals surface area (Å²) in [6, 6.07) is 1.59. The lowest BCUT2D eigenvalue weighted by molar-refractivity contribution is -0.00620. The normalized spacial score (nSPS) is 22.4. The molecule has 0 aliphatic carbocycles. The predicted molar refractivity (Wildman–Crippen MR) is 92.7 cm³/mol. The monoisotopic (exact) mass is 372 g/mol. The summed E-state index contributed by atoms with van der Waals surface area (Å²) in [6.45, 7) is 8.42. The number of aliphatic hydroxyl groups excluding tert-OH is 1. The summed E-state index contributed by atoms with van der Waals surface area (Å²) in [5.41, 5.74) is -2.24. The maximum Gasteiger partial charge on any atom is 0.408 e. The Hall–Kier alpha value is -1.57. The van der Waals surface area contributed by atoms with Gasteiger partial charge in [0.25, 0.3) is 0 Å². The zero-order valence-electron chi connectivity index (χ0n) is 15.1. The summed E-state index contributed by atoms with van der Waals surface area (Å²) in [5, 5.41) is 22.6. The highest BCUT2D eigenvalue weighted by Gasteiger charge is 2.39. The van der Waals surface area contributed by atoms with E-state index in [0.29, 0.717) is 24.3 Å². The van der Waals surface area contributed by atoms with Crippen LogP contribution in [0.3, 0.4) is 0 Å². The zero-order chi connectivity index (χ0) is 19.0. The van der Waals surface area contributed by atoms with E-state index in [1.807, 2.05) is 6.92 Å². The van der Waals surface area contributed by atoms with E-state index in [2.05, 4.69) is 10.3 Å². The maximum absolute atomic E-state index is 12.3. The van der Waals surface area contributed by atoms with Crippen LogP contribution in [0.4, 0.5) is 4.79 Å². The van der Waals surface area contributed by atoms with Crippen molar-refractivity contribution in [2.45, 2.75) is 57.8 Å². The lowest BCUT2D eigenvalue weighted by Crippen LogP contribution is -2.48. The van der Waals surface area contributed by atoms with Gasteiger partial charge in [-0.1, -0.05) is 11.6 Å². The molecule has 140 valence electrons. The number of nitrogens with zero attached hydrogens (tertiary/aromatic N) is 1. The van der Waals surface area contributed by atoms with E-state index in [-0.39, 0.29) is 10.8 Å². The highest BCUT2D eigenvalue weighted by atomic mass is 35.5. The fourth-order valence-corrected chi connectivity index (χ4v) is 2.80. The Labute approximate surface area is 152 Å². The van der Waals surface area contributed by atoms with Crippen molar-refractivity contribution in [2.24, 2.45) is 0 Å². The highest BCUT2D eigenvalue weighted by molar-refractivity contribution is 6.31. The summed E-state index contributed by atoms with van der Waals surface area (Å²) >= 11 is 6.21. The van der Waals surface area contributed by atoms with Gasteiger partial charge in [-0.2, -0.15) is 0 Å². The second kappa shape index (κ2) is 6.63. The second-order valence-corrected chi connectivity index (χ2v) is 8.02. The fraction of sp³-hybridized carbons (Fsp3) is 0.647. The minimum atomic E-state index is -1.57. The number of hydrogen-bond donors (Lipinski definition) is 3. The quantitative estimate of drug-likeness (QED) is 0.704. The number of fused-ring (bicyclic) bond motifs is 1. The van der Waals surface area contributed by atoms with E-state index in [1.165, 1.54) is 6.92 Å². The summed E-state index contributed by atoms with van der Waals surface area (Å²) in [4.78, 5) is 16.4. The maximum atomic E-state index is 12.3. The third-order valence-electron chi connectivity index (χ3n) is 4.01. The van der Waals surface area contributed by atoms with E-state index in [4.69, 9.17) is 21.1 Å². The predicted octanol–water partition coefficient (Wildman–Crippen LogP) is 2.46. The molecule has 0 fully saturated rings. The molecule has 7 nitrogen and oxygen atoms in total. The molecular weight excluding hydrogens is 348 g/mol. The minimum Gasteiger partial charge on any atom is -0.490 e. The van der Waals surface area contributed by atoms with Crippen molar-refractivity contribution in [3.8, 4) is 5.75 Å². The van der Waals surface area contributed by atoms with Gasteiger partial charge in [0.1, 0.15) is 11.2 Å². The molecule has 1 aromatic heterocycles. The Kier molecular flexibility index (Phi) is 5.23. The molecule has 0 aromatic carbocycles. The van der Waals surface area contributed by atoms with Crippen LogP contribution in [-0.2, 0) is 15.9 Å². The number of amides is 1. The number of rotatable bonds is 3. The van der Waals surface area contributed by atoms with Crippen LogP contribution in [-0.4, -0.2) is 40.1 Å². The van der Waals surface area contributed by atoms with Crippen molar-refractivity contribution < 1.29 is 24.5 Å². The Balaban J connectivity index is 2.44. The molecule has 2 heterocycles. The van der Waals surface area contributed by atoms with Gasteiger partial charge in [0, 0.05) is 12.0 Å². The van der Waals surface area contributed by atoms with E-state index >= 15 is 0 Å². The first-order chi connectivity index (χ1) is 11.4. The second-order valence-electron chi connectivity index (χ2n) is 7.66. The van der Waals surface area contributed by atoms with Gasteiger partial charge in [-0.3, -0.25) is 0 Å². The van der Waals surface area contributed by atoms with Crippen molar-refractivity contribution in [1.29, 1.82) is 0 Å². The zero-order valence-corrected chi connectivity index (χ0v) is 15.9. The van der Waals surface area contributed by atoms with Crippen LogP contribution in [0.25, 0.3) is 0 Å². The molecule has 1 aromatic rings. The van der Waals surface area contributed by atoms with Gasteiger partial charge in [0.05, 0.1) is 24.4 Å². The largest absolute Gasteiger partial charge is 0.490 e. The van der Waals surface area contributed by atoms with Gasteiger partial charge in [-0.15, -0.1) is 0 Å². The van der Waals surface area contributed by atoms with Gasteiger partial charge in [-0.25, -0.2) is 9.78 Å². The SMILES string of the molecule is CC(C)(C)OC(=O)N[C@@]1(C)CCOc2c1cc(C(C)(O)CO)nc2Cl. The standard InChI is InChI=1S/C17H25ClN2O5/c1-15(2,3)25-14(22)20-16(4)6-7-24-12-10(16)8-11(19-13(12)18)17(5,23)9-21/h8,21,23H,6-7,9H2,1-5H3,(H,20,22)/t16-,17?/m0/s1. The number of halogens is 1. The van der Waals surface area contributed by atoms with Crippen LogP contribution in [0.1, 0.15) is 52.3 Å². The van der Waals surface area contributed by atoms with E-state index in [1.54, 1.807) is 26.8 Å². The molecule has 0 saturated heterocycles. The number of carbonyl (C=O) groups is 1. The molecule has 1 amide bonds. The molecule has 1 aliphatic rings. The van der Waals surface area contributed by atoms with E-state index in [0.717, 1.165) is 0 Å². The number of alkyl carbamates (subject to hydrolysis) is 1. The first kappa shape index (κ1) is 19.8. The molecule has 25 heavy (non-hydrogen) atoms. The number of hydrogen-bond acceptors (Lipinski definition) is 6. The molecule has 1 unspecified atom stereocenters. The summed E-state index contributed by atoms with van der Waals surface area (Å²) in [7, 11) is 0. The Morgan fingerprint density at radius 3 is 2.68 bits per heavy atom. The summed E-state index contributed by atoms with van der Waals surface area (Å²) in [5.74, 6) is 0.351. The molecule has 1 aliphatic heterocycles. The number of carbonyl (C=O) groups excluding carboxylic acids is 1. The molecule has 2 atom stereocenters. The lowest BCUT2D eigenvalue weighted by Gasteiger charge is -2.38. The molecule has 8 heteroatoms. The van der Waals surface area contributed by atoms with Crippen molar-refractivity contribution in [1.82, 2.24) is 10.3 Å².